The number of likely N-dealkylation sites (tertiary alicyclic amines) is 1. The second-order valence-corrected chi connectivity index (χ2v) is 3.48. The molecule has 0 bridgehead atoms. The smallest absolute Gasteiger partial charge is 0.309 e. The minimum Gasteiger partial charge on any atom is -0.438 e. The van der Waals surface area contributed by atoms with Gasteiger partial charge in [0.15, 0.2) is 0 Å². The fraction of sp³-hybridized carbons (Fsp3) is 0.600. The third kappa shape index (κ3) is 1.64. The highest BCUT2D eigenvalue weighted by Crippen LogP contribution is 2.13. The molecule has 0 aliphatic carbocycles. The Balaban J connectivity index is 2.09. The van der Waals surface area contributed by atoms with Crippen LogP contribution in [0.3, 0.4) is 0 Å². The molecule has 0 atom stereocenters. The highest BCUT2D eigenvalue weighted by molar-refractivity contribution is 5.89. The van der Waals surface area contributed by atoms with Gasteiger partial charge in [-0.1, -0.05) is 6.92 Å². The summed E-state index contributed by atoms with van der Waals surface area (Å²) in [5, 5.41) is 0. The highest BCUT2D eigenvalue weighted by atomic mass is 16.4. The maximum Gasteiger partial charge on any atom is 0.309 e. The first kappa shape index (κ1) is 9.24. The molecular weight excluding hydrogens is 180 g/mol. The van der Waals surface area contributed by atoms with E-state index in [1.54, 1.807) is 11.1 Å². The third-order valence-electron chi connectivity index (χ3n) is 2.48. The maximum atomic E-state index is 11.7. The second kappa shape index (κ2) is 3.82. The zero-order chi connectivity index (χ0) is 9.97. The molecule has 0 unspecified atom stereocenters. The van der Waals surface area contributed by atoms with Crippen LogP contribution in [0.15, 0.2) is 10.6 Å². The van der Waals surface area contributed by atoms with Crippen molar-refractivity contribution < 1.29 is 9.21 Å². The standard InChI is InChI=1S/C10H14N2O2/c1-2-8-7-11-9(14-8)10(13)12-5-3-4-6-12/h7H,2-6H2,1H3. The van der Waals surface area contributed by atoms with Crippen molar-refractivity contribution in [1.82, 2.24) is 9.88 Å². The Bertz CT molecular complexity index is 327. The zero-order valence-electron chi connectivity index (χ0n) is 8.32. The van der Waals surface area contributed by atoms with E-state index >= 15 is 0 Å². The minimum atomic E-state index is -0.0674. The van der Waals surface area contributed by atoms with Crippen LogP contribution in [0.2, 0.25) is 0 Å². The van der Waals surface area contributed by atoms with E-state index in [0.717, 1.165) is 38.1 Å². The van der Waals surface area contributed by atoms with Gasteiger partial charge in [-0.15, -0.1) is 0 Å². The predicted octanol–water partition coefficient (Wildman–Crippen LogP) is 1.47. The molecule has 2 heterocycles. The molecular formula is C10H14N2O2. The normalized spacial score (nSPS) is 16.2. The van der Waals surface area contributed by atoms with Crippen molar-refractivity contribution in [2.24, 2.45) is 0 Å². The summed E-state index contributed by atoms with van der Waals surface area (Å²) in [7, 11) is 0. The topological polar surface area (TPSA) is 46.3 Å². The Morgan fingerprint density at radius 1 is 1.57 bits per heavy atom. The molecule has 1 aromatic rings. The highest BCUT2D eigenvalue weighted by Gasteiger charge is 2.23. The molecule has 1 aliphatic heterocycles. The van der Waals surface area contributed by atoms with Crippen molar-refractivity contribution in [1.29, 1.82) is 0 Å². The van der Waals surface area contributed by atoms with Gasteiger partial charge < -0.3 is 9.32 Å². The summed E-state index contributed by atoms with van der Waals surface area (Å²) in [5.74, 6) is 0.943. The first-order valence-corrected chi connectivity index (χ1v) is 5.05. The molecule has 0 saturated carbocycles. The summed E-state index contributed by atoms with van der Waals surface area (Å²) in [6.45, 7) is 3.65. The van der Waals surface area contributed by atoms with Crippen LogP contribution in [0.25, 0.3) is 0 Å². The van der Waals surface area contributed by atoms with Crippen molar-refractivity contribution in [3.63, 3.8) is 0 Å². The molecule has 76 valence electrons. The number of oxazole rings is 1. The molecule has 4 nitrogen and oxygen atoms in total. The molecule has 1 amide bonds. The molecule has 0 spiro atoms. The summed E-state index contributed by atoms with van der Waals surface area (Å²) < 4.78 is 5.30. The van der Waals surface area contributed by atoms with Crippen LogP contribution in [-0.4, -0.2) is 28.9 Å². The van der Waals surface area contributed by atoms with E-state index in [1.165, 1.54) is 0 Å². The van der Waals surface area contributed by atoms with Gasteiger partial charge in [0.1, 0.15) is 5.76 Å². The molecule has 1 saturated heterocycles. The van der Waals surface area contributed by atoms with E-state index in [4.69, 9.17) is 4.42 Å². The van der Waals surface area contributed by atoms with Gasteiger partial charge >= 0.3 is 5.91 Å². The molecule has 2 rings (SSSR count). The summed E-state index contributed by atoms with van der Waals surface area (Å²) in [5.41, 5.74) is 0. The molecule has 0 radical (unpaired) electrons. The van der Waals surface area contributed by atoms with Gasteiger partial charge in [0.05, 0.1) is 6.20 Å². The Labute approximate surface area is 82.9 Å². The van der Waals surface area contributed by atoms with Gasteiger partial charge in [-0.25, -0.2) is 4.98 Å². The van der Waals surface area contributed by atoms with E-state index in [1.807, 2.05) is 6.92 Å². The van der Waals surface area contributed by atoms with Crippen LogP contribution in [0.4, 0.5) is 0 Å². The zero-order valence-corrected chi connectivity index (χ0v) is 8.32. The van der Waals surface area contributed by atoms with E-state index in [9.17, 15) is 4.79 Å². The van der Waals surface area contributed by atoms with Gasteiger partial charge in [-0.2, -0.15) is 0 Å². The summed E-state index contributed by atoms with van der Waals surface area (Å²) in [6.07, 6.45) is 4.59. The average Bonchev–Trinajstić information content (AvgIpc) is 2.88. The number of carbonyl (C=O) groups excluding carboxylic acids is 1. The summed E-state index contributed by atoms with van der Waals surface area (Å²) >= 11 is 0. The summed E-state index contributed by atoms with van der Waals surface area (Å²) in [6, 6.07) is 0. The van der Waals surface area contributed by atoms with Crippen molar-refractivity contribution >= 4 is 5.91 Å². The molecule has 4 heteroatoms. The summed E-state index contributed by atoms with van der Waals surface area (Å²) in [4.78, 5) is 17.5. The van der Waals surface area contributed by atoms with Crippen molar-refractivity contribution in [3.05, 3.63) is 17.8 Å². The first-order chi connectivity index (χ1) is 6.81. The fourth-order valence-electron chi connectivity index (χ4n) is 1.63. The van der Waals surface area contributed by atoms with Crippen LogP contribution in [-0.2, 0) is 6.42 Å². The van der Waals surface area contributed by atoms with E-state index < -0.39 is 0 Å². The molecule has 0 aromatic carbocycles. The average molecular weight is 194 g/mol. The van der Waals surface area contributed by atoms with Crippen molar-refractivity contribution in [2.45, 2.75) is 26.2 Å². The van der Waals surface area contributed by atoms with Gasteiger partial charge in [0, 0.05) is 19.5 Å². The van der Waals surface area contributed by atoms with Gasteiger partial charge in [-0.05, 0) is 12.8 Å². The fourth-order valence-corrected chi connectivity index (χ4v) is 1.63. The Hall–Kier alpha value is -1.32. The van der Waals surface area contributed by atoms with Crippen molar-refractivity contribution in [2.75, 3.05) is 13.1 Å². The number of hydrogen-bond acceptors (Lipinski definition) is 3. The molecule has 0 N–H and O–H groups in total. The number of aryl methyl sites for hydroxylation is 1. The molecule has 1 fully saturated rings. The molecule has 1 aliphatic rings. The quantitative estimate of drug-likeness (QED) is 0.716. The lowest BCUT2D eigenvalue weighted by molar-refractivity contribution is 0.0751. The number of amides is 1. The predicted molar refractivity (Wildman–Crippen MR) is 51.0 cm³/mol. The van der Waals surface area contributed by atoms with E-state index in [-0.39, 0.29) is 11.8 Å². The minimum absolute atomic E-state index is 0.0674. The monoisotopic (exact) mass is 194 g/mol. The number of nitrogens with zero attached hydrogens (tertiary/aromatic N) is 2. The Morgan fingerprint density at radius 2 is 2.29 bits per heavy atom. The van der Waals surface area contributed by atoms with Crippen molar-refractivity contribution in [3.8, 4) is 0 Å². The number of carbonyl (C=O) groups is 1. The number of rotatable bonds is 2. The second-order valence-electron chi connectivity index (χ2n) is 3.48. The first-order valence-electron chi connectivity index (χ1n) is 5.05. The molecule has 1 aromatic heterocycles. The largest absolute Gasteiger partial charge is 0.438 e. The number of hydrogen-bond donors (Lipinski definition) is 0. The maximum absolute atomic E-state index is 11.7. The lowest BCUT2D eigenvalue weighted by Gasteiger charge is -2.11. The van der Waals surface area contributed by atoms with Crippen LogP contribution in [0.5, 0.6) is 0 Å². The third-order valence-corrected chi connectivity index (χ3v) is 2.48. The lowest BCUT2D eigenvalue weighted by atomic mass is 10.4. The SMILES string of the molecule is CCc1cnc(C(=O)N2CCCC2)o1. The Morgan fingerprint density at radius 3 is 2.86 bits per heavy atom. The Kier molecular flexibility index (Phi) is 2.52. The van der Waals surface area contributed by atoms with Crippen LogP contribution in [0, 0.1) is 0 Å². The van der Waals surface area contributed by atoms with Crippen LogP contribution in [0.1, 0.15) is 36.2 Å². The van der Waals surface area contributed by atoms with Gasteiger partial charge in [0.25, 0.3) is 5.89 Å². The van der Waals surface area contributed by atoms with Gasteiger partial charge in [-0.3, -0.25) is 4.79 Å². The van der Waals surface area contributed by atoms with Gasteiger partial charge in [0.2, 0.25) is 0 Å². The number of aromatic nitrogens is 1. The van der Waals surface area contributed by atoms with Crippen LogP contribution < -0.4 is 0 Å². The van der Waals surface area contributed by atoms with E-state index in [2.05, 4.69) is 4.98 Å². The van der Waals surface area contributed by atoms with Crippen LogP contribution >= 0.6 is 0 Å². The lowest BCUT2D eigenvalue weighted by Crippen LogP contribution is -2.27. The van der Waals surface area contributed by atoms with E-state index in [0.29, 0.717) is 0 Å². The molecule has 14 heavy (non-hydrogen) atoms.